The van der Waals surface area contributed by atoms with Gasteiger partial charge in [0.05, 0.1) is 18.3 Å². The number of primary amides is 1. The fraction of sp³-hybridized carbons (Fsp3) is 0.0588. The van der Waals surface area contributed by atoms with Crippen LogP contribution >= 0.6 is 23.1 Å². The molecule has 0 saturated heterocycles. The van der Waals surface area contributed by atoms with Crippen LogP contribution < -0.4 is 16.8 Å². The number of hydrogen-bond donors (Lipinski definition) is 3. The largest absolute Gasteiger partial charge is 0.382 e. The third-order valence-corrected chi connectivity index (χ3v) is 5.22. The van der Waals surface area contributed by atoms with Gasteiger partial charge >= 0.3 is 0 Å². The zero-order chi connectivity index (χ0) is 18.5. The highest BCUT2D eigenvalue weighted by atomic mass is 32.2. The minimum Gasteiger partial charge on any atom is -0.382 e. The van der Waals surface area contributed by atoms with Crippen LogP contribution in [-0.2, 0) is 6.54 Å². The molecule has 2 amide bonds. The van der Waals surface area contributed by atoms with Crippen molar-refractivity contribution in [2.24, 2.45) is 5.73 Å². The van der Waals surface area contributed by atoms with Crippen LogP contribution in [0, 0.1) is 0 Å². The topological polar surface area (TPSA) is 124 Å². The first-order chi connectivity index (χ1) is 12.5. The lowest BCUT2D eigenvalue weighted by atomic mass is 10.2. The van der Waals surface area contributed by atoms with E-state index < -0.39 is 11.8 Å². The standard InChI is InChI=1S/C17H15N5O2S2/c18-15-14(17(24)21-8-10-4-3-7-25-10)22-13(9-20-15)26-12-6-2-1-5-11(12)16(19)23/h1-7,9H,8H2,(H2,18,20)(H2,19,23)(H,21,24). The molecule has 1 aromatic carbocycles. The van der Waals surface area contributed by atoms with Crippen LogP contribution in [0.2, 0.25) is 0 Å². The monoisotopic (exact) mass is 385 g/mol. The van der Waals surface area contributed by atoms with Crippen molar-refractivity contribution in [2.45, 2.75) is 16.5 Å². The Morgan fingerprint density at radius 3 is 2.73 bits per heavy atom. The first kappa shape index (κ1) is 17.9. The second-order valence-corrected chi connectivity index (χ2v) is 7.26. The van der Waals surface area contributed by atoms with E-state index in [0.29, 0.717) is 22.0 Å². The number of hydrogen-bond acceptors (Lipinski definition) is 7. The van der Waals surface area contributed by atoms with Crippen LogP contribution in [0.4, 0.5) is 5.82 Å². The SMILES string of the molecule is NC(=O)c1ccccc1Sc1cnc(N)c(C(=O)NCc2cccs2)n1. The summed E-state index contributed by atoms with van der Waals surface area (Å²) < 4.78 is 0. The molecular weight excluding hydrogens is 370 g/mol. The Labute approximate surface area is 157 Å². The minimum atomic E-state index is -0.537. The van der Waals surface area contributed by atoms with E-state index in [4.69, 9.17) is 11.5 Å². The molecule has 0 radical (unpaired) electrons. The maximum atomic E-state index is 12.4. The Bertz CT molecular complexity index is 944. The van der Waals surface area contributed by atoms with Gasteiger partial charge < -0.3 is 16.8 Å². The number of nitrogens with two attached hydrogens (primary N) is 2. The molecule has 0 unspecified atom stereocenters. The lowest BCUT2D eigenvalue weighted by Gasteiger charge is -2.09. The van der Waals surface area contributed by atoms with E-state index in [0.717, 1.165) is 4.88 Å². The normalized spacial score (nSPS) is 10.5. The van der Waals surface area contributed by atoms with Gasteiger partial charge in [0.15, 0.2) is 11.5 Å². The van der Waals surface area contributed by atoms with Gasteiger partial charge in [-0.25, -0.2) is 9.97 Å². The summed E-state index contributed by atoms with van der Waals surface area (Å²) in [6, 6.07) is 10.7. The highest BCUT2D eigenvalue weighted by Gasteiger charge is 2.16. The molecule has 26 heavy (non-hydrogen) atoms. The first-order valence-electron chi connectivity index (χ1n) is 7.54. The van der Waals surface area contributed by atoms with E-state index in [1.807, 2.05) is 17.5 Å². The molecule has 5 N–H and O–H groups in total. The number of nitrogens with one attached hydrogen (secondary N) is 1. The summed E-state index contributed by atoms with van der Waals surface area (Å²) in [4.78, 5) is 33.9. The van der Waals surface area contributed by atoms with Crippen LogP contribution in [0.5, 0.6) is 0 Å². The quantitative estimate of drug-likeness (QED) is 0.598. The van der Waals surface area contributed by atoms with Crippen LogP contribution in [-0.4, -0.2) is 21.8 Å². The Morgan fingerprint density at radius 2 is 2.00 bits per heavy atom. The van der Waals surface area contributed by atoms with Gasteiger partial charge in [-0.05, 0) is 23.6 Å². The van der Waals surface area contributed by atoms with Crippen LogP contribution in [0.25, 0.3) is 0 Å². The molecule has 0 spiro atoms. The summed E-state index contributed by atoms with van der Waals surface area (Å²) in [5.74, 6) is -0.902. The third kappa shape index (κ3) is 4.19. The predicted molar refractivity (Wildman–Crippen MR) is 101 cm³/mol. The maximum absolute atomic E-state index is 12.4. The van der Waals surface area contributed by atoms with Gasteiger partial charge in [-0.2, -0.15) is 0 Å². The molecule has 0 aliphatic carbocycles. The maximum Gasteiger partial charge on any atom is 0.274 e. The van der Waals surface area contributed by atoms with Crippen molar-refractivity contribution in [1.82, 2.24) is 15.3 Å². The first-order valence-corrected chi connectivity index (χ1v) is 9.24. The van der Waals surface area contributed by atoms with E-state index >= 15 is 0 Å². The molecule has 2 aromatic heterocycles. The number of rotatable bonds is 6. The fourth-order valence-corrected chi connectivity index (χ4v) is 3.67. The fourth-order valence-electron chi connectivity index (χ4n) is 2.13. The van der Waals surface area contributed by atoms with E-state index in [2.05, 4.69) is 15.3 Å². The number of anilines is 1. The van der Waals surface area contributed by atoms with Crippen molar-refractivity contribution in [2.75, 3.05) is 5.73 Å². The number of carbonyl (C=O) groups excluding carboxylic acids is 2. The van der Waals surface area contributed by atoms with Gasteiger partial charge in [-0.3, -0.25) is 9.59 Å². The summed E-state index contributed by atoms with van der Waals surface area (Å²) in [6.45, 7) is 0.388. The molecule has 3 aromatic rings. The van der Waals surface area contributed by atoms with Crippen molar-refractivity contribution in [3.63, 3.8) is 0 Å². The predicted octanol–water partition coefficient (Wildman–Crippen LogP) is 2.30. The van der Waals surface area contributed by atoms with Gasteiger partial charge in [-0.15, -0.1) is 11.3 Å². The summed E-state index contributed by atoms with van der Waals surface area (Å²) in [5, 5.41) is 5.14. The molecule has 2 heterocycles. The van der Waals surface area contributed by atoms with Crippen molar-refractivity contribution in [1.29, 1.82) is 0 Å². The minimum absolute atomic E-state index is 0.0428. The summed E-state index contributed by atoms with van der Waals surface area (Å²) in [6.07, 6.45) is 1.45. The number of carbonyl (C=O) groups is 2. The van der Waals surface area contributed by atoms with E-state index in [1.54, 1.807) is 35.6 Å². The molecule has 0 bridgehead atoms. The number of nitrogens with zero attached hydrogens (tertiary/aromatic N) is 2. The second-order valence-electron chi connectivity index (χ2n) is 5.17. The second kappa shape index (κ2) is 7.98. The van der Waals surface area contributed by atoms with E-state index in [1.165, 1.54) is 18.0 Å². The Kier molecular flexibility index (Phi) is 5.49. The third-order valence-electron chi connectivity index (χ3n) is 3.36. The molecule has 0 aliphatic rings. The van der Waals surface area contributed by atoms with Crippen molar-refractivity contribution >= 4 is 40.7 Å². The lowest BCUT2D eigenvalue weighted by molar-refractivity contribution is 0.0945. The molecule has 0 atom stereocenters. The van der Waals surface area contributed by atoms with Gasteiger partial charge in [0.1, 0.15) is 5.03 Å². The number of benzene rings is 1. The van der Waals surface area contributed by atoms with Crippen LogP contribution in [0.15, 0.2) is 57.9 Å². The summed E-state index contributed by atoms with van der Waals surface area (Å²) in [5.41, 5.74) is 11.6. The van der Waals surface area contributed by atoms with Crippen molar-refractivity contribution in [3.8, 4) is 0 Å². The summed E-state index contributed by atoms with van der Waals surface area (Å²) in [7, 11) is 0. The van der Waals surface area contributed by atoms with Crippen LogP contribution in [0.3, 0.4) is 0 Å². The van der Waals surface area contributed by atoms with Gasteiger partial charge in [-0.1, -0.05) is 30.0 Å². The van der Waals surface area contributed by atoms with Gasteiger partial charge in [0.25, 0.3) is 5.91 Å². The zero-order valence-electron chi connectivity index (χ0n) is 13.5. The average molecular weight is 385 g/mol. The molecule has 9 heteroatoms. The molecule has 0 aliphatic heterocycles. The average Bonchev–Trinajstić information content (AvgIpc) is 3.15. The smallest absolute Gasteiger partial charge is 0.274 e. The molecule has 132 valence electrons. The summed E-state index contributed by atoms with van der Waals surface area (Å²) >= 11 is 2.73. The molecule has 0 saturated carbocycles. The molecule has 7 nitrogen and oxygen atoms in total. The Hall–Kier alpha value is -2.91. The van der Waals surface area contributed by atoms with E-state index in [-0.39, 0.29) is 11.5 Å². The van der Waals surface area contributed by atoms with Gasteiger partial charge in [0.2, 0.25) is 5.91 Å². The Balaban J connectivity index is 1.79. The number of thiophene rings is 1. The highest BCUT2D eigenvalue weighted by Crippen LogP contribution is 2.29. The number of nitrogen functional groups attached to an aromatic ring is 1. The Morgan fingerprint density at radius 1 is 1.19 bits per heavy atom. The van der Waals surface area contributed by atoms with Gasteiger partial charge in [0, 0.05) is 9.77 Å². The van der Waals surface area contributed by atoms with Crippen LogP contribution in [0.1, 0.15) is 25.7 Å². The van der Waals surface area contributed by atoms with E-state index in [9.17, 15) is 9.59 Å². The number of amides is 2. The number of aromatic nitrogens is 2. The zero-order valence-corrected chi connectivity index (χ0v) is 15.1. The van der Waals surface area contributed by atoms with Crippen molar-refractivity contribution in [3.05, 3.63) is 64.1 Å². The highest BCUT2D eigenvalue weighted by molar-refractivity contribution is 7.99. The van der Waals surface area contributed by atoms with Crippen molar-refractivity contribution < 1.29 is 9.59 Å². The molecular formula is C17H15N5O2S2. The molecule has 0 fully saturated rings. The molecule has 3 rings (SSSR count). The lowest BCUT2D eigenvalue weighted by Crippen LogP contribution is -2.25.